The molecule has 1 heterocycles. The Labute approximate surface area is 171 Å². The van der Waals surface area contributed by atoms with Gasteiger partial charge in [-0.1, -0.05) is 18.2 Å². The number of carbonyl (C=O) groups is 1. The summed E-state index contributed by atoms with van der Waals surface area (Å²) in [6.45, 7) is 0.658. The van der Waals surface area contributed by atoms with E-state index in [4.69, 9.17) is 0 Å². The second-order valence-corrected chi connectivity index (χ2v) is 7.75. The molecule has 0 saturated carbocycles. The highest BCUT2D eigenvalue weighted by Crippen LogP contribution is 2.30. The van der Waals surface area contributed by atoms with E-state index in [0.29, 0.717) is 22.9 Å². The lowest BCUT2D eigenvalue weighted by Gasteiger charge is -2.29. The van der Waals surface area contributed by atoms with Crippen LogP contribution in [0.25, 0.3) is 0 Å². The van der Waals surface area contributed by atoms with Crippen LogP contribution in [0.3, 0.4) is 0 Å². The maximum absolute atomic E-state index is 13.5. The summed E-state index contributed by atoms with van der Waals surface area (Å²) >= 11 is 1.40. The van der Waals surface area contributed by atoms with Crippen molar-refractivity contribution in [2.75, 3.05) is 12.3 Å². The van der Waals surface area contributed by atoms with Gasteiger partial charge in [-0.15, -0.1) is 11.8 Å². The number of thioether (sulfide) groups is 1. The minimum absolute atomic E-state index is 0.167. The summed E-state index contributed by atoms with van der Waals surface area (Å²) in [5.74, 6) is -1.99. The van der Waals surface area contributed by atoms with E-state index in [0.717, 1.165) is 24.5 Å². The second kappa shape index (κ2) is 9.69. The van der Waals surface area contributed by atoms with E-state index in [1.54, 1.807) is 29.2 Å². The molecule has 0 aromatic heterocycles. The number of hydrogen-bond donors (Lipinski definition) is 1. The maximum atomic E-state index is 13.5. The number of aliphatic carboxylic acids is 1. The molecule has 3 rings (SSSR count). The van der Waals surface area contributed by atoms with Crippen molar-refractivity contribution >= 4 is 17.7 Å². The molecule has 0 saturated heterocycles. The predicted molar refractivity (Wildman–Crippen MR) is 108 cm³/mol. The van der Waals surface area contributed by atoms with Gasteiger partial charge in [0.25, 0.3) is 0 Å². The van der Waals surface area contributed by atoms with Crippen LogP contribution in [0.5, 0.6) is 0 Å². The number of rotatable bonds is 8. The molecule has 152 valence electrons. The molecule has 2 aromatic carbocycles. The summed E-state index contributed by atoms with van der Waals surface area (Å²) in [5.41, 5.74) is 1.61. The first-order valence-electron chi connectivity index (χ1n) is 9.13. The molecule has 0 radical (unpaired) electrons. The maximum Gasteiger partial charge on any atom is 0.338 e. The quantitative estimate of drug-likeness (QED) is 0.602. The molecular weight excluding hydrogens is 399 g/mol. The zero-order valence-electron chi connectivity index (χ0n) is 15.6. The highest BCUT2D eigenvalue weighted by molar-refractivity contribution is 8.03. The Balaban J connectivity index is 1.68. The van der Waals surface area contributed by atoms with Gasteiger partial charge in [0.15, 0.2) is 0 Å². The molecule has 1 N–H and O–H groups in total. The molecule has 0 spiro atoms. The van der Waals surface area contributed by atoms with Crippen LogP contribution in [0.4, 0.5) is 13.2 Å². The van der Waals surface area contributed by atoms with Gasteiger partial charge in [-0.05, 0) is 60.1 Å². The highest BCUT2D eigenvalue weighted by Gasteiger charge is 2.22. The van der Waals surface area contributed by atoms with E-state index >= 15 is 0 Å². The molecule has 29 heavy (non-hydrogen) atoms. The highest BCUT2D eigenvalue weighted by atomic mass is 32.2. The summed E-state index contributed by atoms with van der Waals surface area (Å²) in [5, 5.41) is 10.1. The number of halogens is 3. The van der Waals surface area contributed by atoms with Crippen LogP contribution in [0, 0.1) is 17.5 Å². The van der Waals surface area contributed by atoms with Gasteiger partial charge in [-0.2, -0.15) is 0 Å². The van der Waals surface area contributed by atoms with E-state index in [1.165, 1.54) is 36.0 Å². The van der Waals surface area contributed by atoms with Crippen LogP contribution in [0.2, 0.25) is 0 Å². The van der Waals surface area contributed by atoms with Gasteiger partial charge in [0.2, 0.25) is 0 Å². The summed E-state index contributed by atoms with van der Waals surface area (Å²) in [6.07, 6.45) is 4.81. The number of aryl methyl sites for hydroxylation is 1. The number of carboxylic acids is 1. The average Bonchev–Trinajstić information content (AvgIpc) is 2.66. The van der Waals surface area contributed by atoms with Gasteiger partial charge in [0.1, 0.15) is 17.5 Å². The van der Waals surface area contributed by atoms with Crippen molar-refractivity contribution in [2.45, 2.75) is 19.4 Å². The van der Waals surface area contributed by atoms with Crippen molar-refractivity contribution in [2.24, 2.45) is 0 Å². The standard InChI is InChI=1S/C22H20F3NO2S/c23-17-7-5-15(6-8-17)3-2-10-29-21-20(22(27)28)4-1-9-26(21)14-16-11-18(24)13-19(25)12-16/h1,4-8,11-13H,2-3,9-10,14H2,(H,27,28). The molecular formula is C22H20F3NO2S. The summed E-state index contributed by atoms with van der Waals surface area (Å²) in [7, 11) is 0. The SMILES string of the molecule is O=C(O)C1=C(SCCCc2ccc(F)cc2)N(Cc2cc(F)cc(F)c2)CC=C1. The third-order valence-electron chi connectivity index (χ3n) is 4.42. The lowest BCUT2D eigenvalue weighted by Crippen LogP contribution is -2.27. The van der Waals surface area contributed by atoms with Crippen LogP contribution in [0.15, 0.2) is 65.2 Å². The molecule has 0 bridgehead atoms. The normalized spacial score (nSPS) is 13.8. The molecule has 0 amide bonds. The third-order valence-corrected chi connectivity index (χ3v) is 5.66. The summed E-state index contributed by atoms with van der Waals surface area (Å²) < 4.78 is 40.0. The van der Waals surface area contributed by atoms with E-state index in [-0.39, 0.29) is 17.9 Å². The molecule has 1 aliphatic rings. The molecule has 0 atom stereocenters. The Bertz CT molecular complexity index is 921. The fourth-order valence-electron chi connectivity index (χ4n) is 3.11. The first kappa shape index (κ1) is 21.0. The first-order valence-corrected chi connectivity index (χ1v) is 10.1. The number of carboxylic acid groups (broad SMARTS) is 1. The Hall–Kier alpha value is -2.67. The number of nitrogens with zero attached hydrogens (tertiary/aromatic N) is 1. The van der Waals surface area contributed by atoms with Gasteiger partial charge in [0.05, 0.1) is 10.6 Å². The van der Waals surface area contributed by atoms with Crippen LogP contribution >= 0.6 is 11.8 Å². The van der Waals surface area contributed by atoms with Gasteiger partial charge in [-0.3, -0.25) is 0 Å². The van der Waals surface area contributed by atoms with E-state index < -0.39 is 17.6 Å². The van der Waals surface area contributed by atoms with Crippen molar-refractivity contribution in [3.8, 4) is 0 Å². The van der Waals surface area contributed by atoms with Crippen molar-refractivity contribution in [3.05, 3.63) is 93.8 Å². The molecule has 7 heteroatoms. The fourth-order valence-corrected chi connectivity index (χ4v) is 4.22. The number of benzene rings is 2. The minimum atomic E-state index is -1.04. The van der Waals surface area contributed by atoms with E-state index in [1.807, 2.05) is 0 Å². The molecule has 0 aliphatic carbocycles. The van der Waals surface area contributed by atoms with E-state index in [9.17, 15) is 23.1 Å². The Morgan fingerprint density at radius 2 is 1.69 bits per heavy atom. The van der Waals surface area contributed by atoms with Crippen LogP contribution in [-0.4, -0.2) is 28.3 Å². The molecule has 1 aliphatic heterocycles. The van der Waals surface area contributed by atoms with Crippen molar-refractivity contribution in [3.63, 3.8) is 0 Å². The lowest BCUT2D eigenvalue weighted by atomic mass is 10.1. The van der Waals surface area contributed by atoms with Gasteiger partial charge >= 0.3 is 5.97 Å². The van der Waals surface area contributed by atoms with Crippen LogP contribution in [-0.2, 0) is 17.8 Å². The third kappa shape index (κ3) is 5.90. The molecule has 0 unspecified atom stereocenters. The largest absolute Gasteiger partial charge is 0.478 e. The fraction of sp³-hybridized carbons (Fsp3) is 0.227. The van der Waals surface area contributed by atoms with Crippen molar-refractivity contribution < 1.29 is 23.1 Å². The lowest BCUT2D eigenvalue weighted by molar-refractivity contribution is -0.132. The molecule has 3 nitrogen and oxygen atoms in total. The second-order valence-electron chi connectivity index (χ2n) is 6.66. The van der Waals surface area contributed by atoms with Crippen LogP contribution < -0.4 is 0 Å². The average molecular weight is 419 g/mol. The Morgan fingerprint density at radius 1 is 1.00 bits per heavy atom. The number of hydrogen-bond acceptors (Lipinski definition) is 3. The smallest absolute Gasteiger partial charge is 0.338 e. The van der Waals surface area contributed by atoms with Gasteiger partial charge < -0.3 is 10.0 Å². The van der Waals surface area contributed by atoms with E-state index in [2.05, 4.69) is 0 Å². The zero-order valence-corrected chi connectivity index (χ0v) is 16.4. The van der Waals surface area contributed by atoms with Gasteiger partial charge in [-0.25, -0.2) is 18.0 Å². The van der Waals surface area contributed by atoms with Gasteiger partial charge in [0, 0.05) is 19.2 Å². The molecule has 2 aromatic rings. The van der Waals surface area contributed by atoms with Crippen molar-refractivity contribution in [1.29, 1.82) is 0 Å². The topological polar surface area (TPSA) is 40.5 Å². The summed E-state index contributed by atoms with van der Waals surface area (Å²) in [4.78, 5) is 13.5. The Morgan fingerprint density at radius 3 is 2.34 bits per heavy atom. The molecule has 0 fully saturated rings. The minimum Gasteiger partial charge on any atom is -0.478 e. The predicted octanol–water partition coefficient (Wildman–Crippen LogP) is 5.14. The monoisotopic (exact) mass is 419 g/mol. The Kier molecular flexibility index (Phi) is 7.04. The zero-order chi connectivity index (χ0) is 20.8. The van der Waals surface area contributed by atoms with Crippen molar-refractivity contribution in [1.82, 2.24) is 4.90 Å². The van der Waals surface area contributed by atoms with Crippen LogP contribution in [0.1, 0.15) is 17.5 Å². The summed E-state index contributed by atoms with van der Waals surface area (Å²) in [6, 6.07) is 9.60. The first-order chi connectivity index (χ1) is 13.9.